The first kappa shape index (κ1) is 13.2. The summed E-state index contributed by atoms with van der Waals surface area (Å²) in [6, 6.07) is 13.2. The molecule has 0 N–H and O–H groups in total. The van der Waals surface area contributed by atoms with Gasteiger partial charge in [0.05, 0.1) is 21.5 Å². The fourth-order valence-corrected chi connectivity index (χ4v) is 3.20. The topological polar surface area (TPSA) is 86.3 Å². The number of nitro benzene ring substituents is 2. The molecule has 0 amide bonds. The molecule has 0 spiro atoms. The van der Waals surface area contributed by atoms with Gasteiger partial charge in [0.1, 0.15) is 0 Å². The van der Waals surface area contributed by atoms with Gasteiger partial charge in [-0.2, -0.15) is 0 Å². The second-order valence-corrected chi connectivity index (χ2v) is 5.45. The van der Waals surface area contributed by atoms with E-state index in [0.29, 0.717) is 5.56 Å². The fourth-order valence-electron chi connectivity index (χ4n) is 2.11. The van der Waals surface area contributed by atoms with E-state index in [1.54, 1.807) is 0 Å². The molecule has 0 aliphatic carbocycles. The Morgan fingerprint density at radius 2 is 1.67 bits per heavy atom. The number of non-ortho nitro benzene ring substituents is 1. The molecule has 0 radical (unpaired) electrons. The third-order valence-electron chi connectivity index (χ3n) is 3.08. The van der Waals surface area contributed by atoms with Gasteiger partial charge in [-0.05, 0) is 23.6 Å². The molecule has 104 valence electrons. The highest BCUT2D eigenvalue weighted by Gasteiger charge is 2.21. The van der Waals surface area contributed by atoms with Crippen molar-refractivity contribution >= 4 is 32.8 Å². The minimum atomic E-state index is -0.637. The van der Waals surface area contributed by atoms with Crippen LogP contribution in [0.15, 0.2) is 48.5 Å². The number of rotatable bonds is 3. The Morgan fingerprint density at radius 3 is 2.33 bits per heavy atom. The lowest BCUT2D eigenvalue weighted by Gasteiger charge is -2.00. The van der Waals surface area contributed by atoms with Crippen LogP contribution in [-0.2, 0) is 0 Å². The van der Waals surface area contributed by atoms with Crippen LogP contribution in [0.3, 0.4) is 0 Å². The molecule has 0 atom stereocenters. The zero-order valence-electron chi connectivity index (χ0n) is 10.6. The van der Waals surface area contributed by atoms with Crippen LogP contribution >= 0.6 is 11.3 Å². The molecule has 1 aromatic heterocycles. The summed E-state index contributed by atoms with van der Waals surface area (Å²) < 4.78 is 1.01. The van der Waals surface area contributed by atoms with Crippen LogP contribution < -0.4 is 0 Å². The first-order chi connectivity index (χ1) is 10.1. The van der Waals surface area contributed by atoms with Crippen molar-refractivity contribution in [3.8, 4) is 10.4 Å². The maximum Gasteiger partial charge on any atom is 0.284 e. The molecule has 0 aliphatic rings. The number of hydrogen-bond donors (Lipinski definition) is 0. The van der Waals surface area contributed by atoms with Gasteiger partial charge in [0, 0.05) is 15.6 Å². The van der Waals surface area contributed by atoms with Crippen LogP contribution in [-0.4, -0.2) is 9.85 Å². The van der Waals surface area contributed by atoms with E-state index in [0.717, 1.165) is 21.0 Å². The minimum Gasteiger partial charge on any atom is -0.258 e. The van der Waals surface area contributed by atoms with Crippen LogP contribution in [0.25, 0.3) is 20.5 Å². The van der Waals surface area contributed by atoms with Gasteiger partial charge in [0.15, 0.2) is 0 Å². The van der Waals surface area contributed by atoms with Crippen LogP contribution in [0.1, 0.15) is 0 Å². The minimum absolute atomic E-state index is 0.254. The summed E-state index contributed by atoms with van der Waals surface area (Å²) >= 11 is 1.42. The summed E-state index contributed by atoms with van der Waals surface area (Å²) in [6.45, 7) is 0. The summed E-state index contributed by atoms with van der Waals surface area (Å²) in [6.07, 6.45) is 0. The standard InChI is InChI=1S/C14H8N2O4S/c17-15(18)10-5-6-11(12(8-10)16(19)20)14-7-9-3-1-2-4-13(9)21-14/h1-8H. The van der Waals surface area contributed by atoms with Crippen LogP contribution in [0.5, 0.6) is 0 Å². The lowest BCUT2D eigenvalue weighted by atomic mass is 10.1. The number of nitro groups is 2. The molecule has 0 fully saturated rings. The van der Waals surface area contributed by atoms with Crippen molar-refractivity contribution in [1.82, 2.24) is 0 Å². The molecule has 3 rings (SSSR count). The molecule has 0 bridgehead atoms. The van der Waals surface area contributed by atoms with E-state index in [1.165, 1.54) is 23.5 Å². The van der Waals surface area contributed by atoms with Gasteiger partial charge in [-0.3, -0.25) is 20.2 Å². The molecule has 21 heavy (non-hydrogen) atoms. The average molecular weight is 300 g/mol. The van der Waals surface area contributed by atoms with Crippen LogP contribution in [0.4, 0.5) is 11.4 Å². The highest BCUT2D eigenvalue weighted by molar-refractivity contribution is 7.22. The molecule has 0 unspecified atom stereocenters. The molecule has 1 heterocycles. The van der Waals surface area contributed by atoms with E-state index in [1.807, 2.05) is 30.3 Å². The summed E-state index contributed by atoms with van der Waals surface area (Å²) in [5.74, 6) is 0. The number of hydrogen-bond acceptors (Lipinski definition) is 5. The Bertz CT molecular complexity index is 839. The second-order valence-electron chi connectivity index (χ2n) is 4.36. The second kappa shape index (κ2) is 4.95. The van der Waals surface area contributed by atoms with Crippen molar-refractivity contribution in [3.05, 3.63) is 68.8 Å². The molecular formula is C14H8N2O4S. The number of thiophene rings is 1. The van der Waals surface area contributed by atoms with Gasteiger partial charge in [0.2, 0.25) is 0 Å². The third-order valence-corrected chi connectivity index (χ3v) is 4.23. The van der Waals surface area contributed by atoms with E-state index >= 15 is 0 Å². The Morgan fingerprint density at radius 1 is 0.905 bits per heavy atom. The highest BCUT2D eigenvalue weighted by Crippen LogP contribution is 2.39. The first-order valence-corrected chi connectivity index (χ1v) is 6.79. The molecular weight excluding hydrogens is 292 g/mol. The van der Waals surface area contributed by atoms with Gasteiger partial charge in [-0.25, -0.2) is 0 Å². The Labute approximate surface area is 122 Å². The molecule has 3 aromatic rings. The van der Waals surface area contributed by atoms with Crippen LogP contribution in [0.2, 0.25) is 0 Å². The number of benzene rings is 2. The maximum atomic E-state index is 11.2. The fraction of sp³-hybridized carbons (Fsp3) is 0. The van der Waals surface area contributed by atoms with Crippen molar-refractivity contribution in [1.29, 1.82) is 0 Å². The maximum absolute atomic E-state index is 11.2. The quantitative estimate of drug-likeness (QED) is 0.530. The Hall–Kier alpha value is -2.80. The zero-order valence-corrected chi connectivity index (χ0v) is 11.4. The molecule has 7 heteroatoms. The van der Waals surface area contributed by atoms with Crippen molar-refractivity contribution in [2.24, 2.45) is 0 Å². The average Bonchev–Trinajstić information content (AvgIpc) is 2.90. The van der Waals surface area contributed by atoms with E-state index in [2.05, 4.69) is 0 Å². The summed E-state index contributed by atoms with van der Waals surface area (Å²) in [4.78, 5) is 21.4. The molecule has 2 aromatic carbocycles. The lowest BCUT2D eigenvalue weighted by molar-refractivity contribution is -0.393. The third kappa shape index (κ3) is 2.34. The van der Waals surface area contributed by atoms with Crippen molar-refractivity contribution in [2.75, 3.05) is 0 Å². The molecule has 0 saturated heterocycles. The lowest BCUT2D eigenvalue weighted by Crippen LogP contribution is -1.94. The predicted octanol–water partition coefficient (Wildman–Crippen LogP) is 4.38. The van der Waals surface area contributed by atoms with Gasteiger partial charge >= 0.3 is 0 Å². The summed E-state index contributed by atoms with van der Waals surface area (Å²) in [7, 11) is 0. The smallest absolute Gasteiger partial charge is 0.258 e. The molecule has 0 aliphatic heterocycles. The van der Waals surface area contributed by atoms with E-state index in [4.69, 9.17) is 0 Å². The number of fused-ring (bicyclic) bond motifs is 1. The van der Waals surface area contributed by atoms with Crippen molar-refractivity contribution in [3.63, 3.8) is 0 Å². The van der Waals surface area contributed by atoms with Crippen LogP contribution in [0, 0.1) is 20.2 Å². The van der Waals surface area contributed by atoms with Crippen molar-refractivity contribution < 1.29 is 9.85 Å². The SMILES string of the molecule is O=[N+]([O-])c1ccc(-c2cc3ccccc3s2)c([N+](=O)[O-])c1. The molecule has 0 saturated carbocycles. The van der Waals surface area contributed by atoms with E-state index in [-0.39, 0.29) is 11.4 Å². The van der Waals surface area contributed by atoms with E-state index in [9.17, 15) is 20.2 Å². The van der Waals surface area contributed by atoms with Gasteiger partial charge in [-0.15, -0.1) is 11.3 Å². The predicted molar refractivity (Wildman–Crippen MR) is 80.6 cm³/mol. The van der Waals surface area contributed by atoms with Gasteiger partial charge < -0.3 is 0 Å². The van der Waals surface area contributed by atoms with Gasteiger partial charge in [0.25, 0.3) is 11.4 Å². The Balaban J connectivity index is 2.21. The Kier molecular flexibility index (Phi) is 3.11. The summed E-state index contributed by atoms with van der Waals surface area (Å²) in [5, 5.41) is 22.9. The molecule has 6 nitrogen and oxygen atoms in total. The number of nitrogens with zero attached hydrogens (tertiary/aromatic N) is 2. The first-order valence-electron chi connectivity index (χ1n) is 5.98. The summed E-state index contributed by atoms with van der Waals surface area (Å²) in [5.41, 5.74) is -0.144. The highest BCUT2D eigenvalue weighted by atomic mass is 32.1. The zero-order chi connectivity index (χ0) is 15.0. The largest absolute Gasteiger partial charge is 0.284 e. The van der Waals surface area contributed by atoms with Gasteiger partial charge in [-0.1, -0.05) is 18.2 Å². The van der Waals surface area contributed by atoms with Crippen molar-refractivity contribution in [2.45, 2.75) is 0 Å². The van der Waals surface area contributed by atoms with E-state index < -0.39 is 9.85 Å². The monoisotopic (exact) mass is 300 g/mol. The normalized spacial score (nSPS) is 10.7.